The van der Waals surface area contributed by atoms with Crippen LogP contribution in [0.25, 0.3) is 0 Å². The maximum atomic E-state index is 13.7. The van der Waals surface area contributed by atoms with E-state index in [0.29, 0.717) is 18.0 Å². The van der Waals surface area contributed by atoms with Gasteiger partial charge in [-0.15, -0.1) is 0 Å². The van der Waals surface area contributed by atoms with Crippen molar-refractivity contribution in [3.8, 4) is 5.75 Å². The van der Waals surface area contributed by atoms with Gasteiger partial charge in [0.2, 0.25) is 0 Å². The molecule has 4 N–H and O–H groups in total. The summed E-state index contributed by atoms with van der Waals surface area (Å²) in [6, 6.07) is 2.78. The highest BCUT2D eigenvalue weighted by Crippen LogP contribution is 2.30. The number of rotatable bonds is 6. The summed E-state index contributed by atoms with van der Waals surface area (Å²) in [7, 11) is 0. The standard InChI is InChI=1S/C14H19FN4O/c1-3-6-20-13-8-12(11(16)7-10(13)15)19-9(2)14-17-4-5-18-14/h4-5,7-9,19H,3,6,16H2,1-2H3,(H,17,18). The molecule has 2 rings (SSSR count). The molecule has 1 heterocycles. The van der Waals surface area contributed by atoms with Crippen LogP contribution in [0.4, 0.5) is 15.8 Å². The first-order valence-corrected chi connectivity index (χ1v) is 6.59. The number of anilines is 2. The molecule has 6 heteroatoms. The van der Waals surface area contributed by atoms with Gasteiger partial charge in [0.1, 0.15) is 5.82 Å². The van der Waals surface area contributed by atoms with Gasteiger partial charge in [0.15, 0.2) is 11.6 Å². The van der Waals surface area contributed by atoms with E-state index < -0.39 is 5.82 Å². The molecule has 0 amide bonds. The monoisotopic (exact) mass is 278 g/mol. The third-order valence-electron chi connectivity index (χ3n) is 2.87. The number of benzene rings is 1. The van der Waals surface area contributed by atoms with Crippen LogP contribution < -0.4 is 15.8 Å². The zero-order chi connectivity index (χ0) is 14.5. The molecule has 0 fully saturated rings. The molecule has 1 aromatic carbocycles. The van der Waals surface area contributed by atoms with Crippen molar-refractivity contribution in [1.82, 2.24) is 9.97 Å². The Morgan fingerprint density at radius 1 is 1.50 bits per heavy atom. The first-order chi connectivity index (χ1) is 9.61. The molecule has 1 unspecified atom stereocenters. The van der Waals surface area contributed by atoms with E-state index in [1.807, 2.05) is 13.8 Å². The normalized spacial score (nSPS) is 12.2. The van der Waals surface area contributed by atoms with Gasteiger partial charge in [-0.25, -0.2) is 9.37 Å². The molecule has 2 aromatic rings. The van der Waals surface area contributed by atoms with Gasteiger partial charge in [-0.3, -0.25) is 0 Å². The van der Waals surface area contributed by atoms with Gasteiger partial charge in [0, 0.05) is 24.5 Å². The highest BCUT2D eigenvalue weighted by molar-refractivity contribution is 5.69. The number of ether oxygens (including phenoxy) is 1. The van der Waals surface area contributed by atoms with Crippen molar-refractivity contribution in [3.05, 3.63) is 36.2 Å². The first-order valence-electron chi connectivity index (χ1n) is 6.59. The number of aromatic amines is 1. The Morgan fingerprint density at radius 2 is 2.30 bits per heavy atom. The van der Waals surface area contributed by atoms with E-state index in [4.69, 9.17) is 10.5 Å². The fraction of sp³-hybridized carbons (Fsp3) is 0.357. The number of nitrogen functional groups attached to an aromatic ring is 1. The van der Waals surface area contributed by atoms with E-state index in [1.54, 1.807) is 18.5 Å². The van der Waals surface area contributed by atoms with Gasteiger partial charge < -0.3 is 20.8 Å². The molecule has 1 atom stereocenters. The second-order valence-corrected chi connectivity index (χ2v) is 4.56. The molecule has 0 spiro atoms. The quantitative estimate of drug-likeness (QED) is 0.710. The summed E-state index contributed by atoms with van der Waals surface area (Å²) in [5.74, 6) is 0.534. The summed E-state index contributed by atoms with van der Waals surface area (Å²) in [4.78, 5) is 7.18. The lowest BCUT2D eigenvalue weighted by Gasteiger charge is -2.16. The van der Waals surface area contributed by atoms with Crippen molar-refractivity contribution in [1.29, 1.82) is 0 Å². The second-order valence-electron chi connectivity index (χ2n) is 4.56. The second kappa shape index (κ2) is 6.27. The Bertz CT molecular complexity index is 557. The van der Waals surface area contributed by atoms with Gasteiger partial charge in [-0.1, -0.05) is 6.92 Å². The van der Waals surface area contributed by atoms with Crippen LogP contribution in [0, 0.1) is 5.82 Å². The van der Waals surface area contributed by atoms with Gasteiger partial charge in [-0.05, 0) is 13.3 Å². The van der Waals surface area contributed by atoms with Gasteiger partial charge >= 0.3 is 0 Å². The van der Waals surface area contributed by atoms with Gasteiger partial charge in [-0.2, -0.15) is 0 Å². The van der Waals surface area contributed by atoms with Gasteiger partial charge in [0.05, 0.1) is 24.0 Å². The van der Waals surface area contributed by atoms with E-state index in [9.17, 15) is 4.39 Å². The fourth-order valence-electron chi connectivity index (χ4n) is 1.83. The molecular weight excluding hydrogens is 259 g/mol. The minimum atomic E-state index is -0.452. The average molecular weight is 278 g/mol. The maximum Gasteiger partial charge on any atom is 0.167 e. The predicted octanol–water partition coefficient (Wildman–Crippen LogP) is 3.09. The van der Waals surface area contributed by atoms with Crippen LogP contribution in [0.1, 0.15) is 32.1 Å². The average Bonchev–Trinajstić information content (AvgIpc) is 2.94. The predicted molar refractivity (Wildman–Crippen MR) is 77.2 cm³/mol. The Hall–Kier alpha value is -2.24. The summed E-state index contributed by atoms with van der Waals surface area (Å²) >= 11 is 0. The lowest BCUT2D eigenvalue weighted by molar-refractivity contribution is 0.301. The number of hydrogen-bond acceptors (Lipinski definition) is 4. The molecule has 0 saturated carbocycles. The van der Waals surface area contributed by atoms with Crippen LogP contribution in [-0.4, -0.2) is 16.6 Å². The van der Waals surface area contributed by atoms with Crippen molar-refractivity contribution in [2.75, 3.05) is 17.7 Å². The number of imidazole rings is 1. The highest BCUT2D eigenvalue weighted by Gasteiger charge is 2.13. The third-order valence-corrected chi connectivity index (χ3v) is 2.87. The minimum absolute atomic E-state index is 0.0724. The van der Waals surface area contributed by atoms with Gasteiger partial charge in [0.25, 0.3) is 0 Å². The summed E-state index contributed by atoms with van der Waals surface area (Å²) in [6.07, 6.45) is 4.24. The van der Waals surface area contributed by atoms with E-state index >= 15 is 0 Å². The van der Waals surface area contributed by atoms with E-state index in [0.717, 1.165) is 12.2 Å². The molecule has 0 saturated heterocycles. The van der Waals surface area contributed by atoms with E-state index in [1.165, 1.54) is 6.07 Å². The molecule has 0 aliphatic carbocycles. The lowest BCUT2D eigenvalue weighted by atomic mass is 10.2. The number of aromatic nitrogens is 2. The van der Waals surface area contributed by atoms with Crippen LogP contribution in [0.15, 0.2) is 24.5 Å². The van der Waals surface area contributed by atoms with Crippen LogP contribution in [-0.2, 0) is 0 Å². The van der Waals surface area contributed by atoms with Crippen molar-refractivity contribution >= 4 is 11.4 Å². The summed E-state index contributed by atoms with van der Waals surface area (Å²) in [5, 5.41) is 3.19. The summed E-state index contributed by atoms with van der Waals surface area (Å²) in [6.45, 7) is 4.37. The molecule has 0 aliphatic rings. The lowest BCUT2D eigenvalue weighted by Crippen LogP contribution is -2.10. The SMILES string of the molecule is CCCOc1cc(NC(C)c2ncc[nH]2)c(N)cc1F. The molecule has 108 valence electrons. The van der Waals surface area contributed by atoms with Crippen LogP contribution in [0.3, 0.4) is 0 Å². The number of hydrogen-bond donors (Lipinski definition) is 3. The van der Waals surface area contributed by atoms with Crippen LogP contribution >= 0.6 is 0 Å². The smallest absolute Gasteiger partial charge is 0.167 e. The Labute approximate surface area is 117 Å². The van der Waals surface area contributed by atoms with Crippen molar-refractivity contribution < 1.29 is 9.13 Å². The number of H-pyrrole nitrogens is 1. The zero-order valence-electron chi connectivity index (χ0n) is 11.6. The van der Waals surface area contributed by atoms with Crippen molar-refractivity contribution in [2.24, 2.45) is 0 Å². The number of halogens is 1. The Kier molecular flexibility index (Phi) is 4.45. The first kappa shape index (κ1) is 14.2. The number of nitrogens with one attached hydrogen (secondary N) is 2. The maximum absolute atomic E-state index is 13.7. The zero-order valence-corrected chi connectivity index (χ0v) is 11.6. The molecule has 5 nitrogen and oxygen atoms in total. The molecular formula is C14H19FN4O. The molecule has 0 aliphatic heterocycles. The summed E-state index contributed by atoms with van der Waals surface area (Å²) in [5.41, 5.74) is 6.80. The van der Waals surface area contributed by atoms with Crippen LogP contribution in [0.5, 0.6) is 5.75 Å². The van der Waals surface area contributed by atoms with E-state index in [2.05, 4.69) is 15.3 Å². The van der Waals surface area contributed by atoms with E-state index in [-0.39, 0.29) is 11.8 Å². The molecule has 0 bridgehead atoms. The molecule has 1 aromatic heterocycles. The highest BCUT2D eigenvalue weighted by atomic mass is 19.1. The minimum Gasteiger partial charge on any atom is -0.490 e. The number of nitrogens with zero attached hydrogens (tertiary/aromatic N) is 1. The van der Waals surface area contributed by atoms with Crippen molar-refractivity contribution in [2.45, 2.75) is 26.3 Å². The third kappa shape index (κ3) is 3.20. The molecule has 20 heavy (non-hydrogen) atoms. The molecule has 0 radical (unpaired) electrons. The Morgan fingerprint density at radius 3 is 2.95 bits per heavy atom. The fourth-order valence-corrected chi connectivity index (χ4v) is 1.83. The largest absolute Gasteiger partial charge is 0.490 e. The Balaban J connectivity index is 2.18. The number of nitrogens with two attached hydrogens (primary N) is 1. The summed E-state index contributed by atoms with van der Waals surface area (Å²) < 4.78 is 19.1. The van der Waals surface area contributed by atoms with Crippen LogP contribution in [0.2, 0.25) is 0 Å². The van der Waals surface area contributed by atoms with Crippen molar-refractivity contribution in [3.63, 3.8) is 0 Å². The topological polar surface area (TPSA) is 76.0 Å².